The Morgan fingerprint density at radius 2 is 2.56 bits per heavy atom. The summed E-state index contributed by atoms with van der Waals surface area (Å²) < 4.78 is 0. The number of nitrogens with one attached hydrogen (secondary N) is 2. The Balaban J connectivity index is 1.87. The zero-order chi connectivity index (χ0) is 11.4. The van der Waals surface area contributed by atoms with Crippen molar-refractivity contribution in [1.29, 1.82) is 0 Å². The van der Waals surface area contributed by atoms with Crippen LogP contribution in [0.5, 0.6) is 0 Å². The molecule has 2 rings (SSSR count). The fraction of sp³-hybridized carbons (Fsp3) is 0.583. The molecule has 0 bridgehead atoms. The monoisotopic (exact) mass is 238 g/mol. The van der Waals surface area contributed by atoms with Crippen LogP contribution in [0, 0.1) is 5.41 Å². The van der Waals surface area contributed by atoms with Crippen LogP contribution in [0.25, 0.3) is 0 Å². The molecule has 1 aromatic heterocycles. The molecule has 1 aliphatic heterocycles. The number of hydrogen-bond acceptors (Lipinski definition) is 3. The lowest BCUT2D eigenvalue weighted by atomic mass is 9.82. The molecule has 1 aromatic rings. The van der Waals surface area contributed by atoms with Crippen LogP contribution < -0.4 is 10.6 Å². The highest BCUT2D eigenvalue weighted by atomic mass is 32.1. The Labute approximate surface area is 100 Å². The molecule has 16 heavy (non-hydrogen) atoms. The molecule has 0 radical (unpaired) electrons. The second-order valence-corrected chi connectivity index (χ2v) is 5.64. The van der Waals surface area contributed by atoms with Crippen molar-refractivity contribution in [3.63, 3.8) is 0 Å². The first-order valence-corrected chi connectivity index (χ1v) is 6.60. The Morgan fingerprint density at radius 1 is 1.69 bits per heavy atom. The Morgan fingerprint density at radius 3 is 3.19 bits per heavy atom. The summed E-state index contributed by atoms with van der Waals surface area (Å²) in [7, 11) is 0. The van der Waals surface area contributed by atoms with Gasteiger partial charge in [0.15, 0.2) is 0 Å². The molecule has 1 fully saturated rings. The molecule has 0 spiro atoms. The fourth-order valence-corrected chi connectivity index (χ4v) is 2.69. The summed E-state index contributed by atoms with van der Waals surface area (Å²) in [6, 6.07) is 4.06. The maximum absolute atomic E-state index is 12.1. The summed E-state index contributed by atoms with van der Waals surface area (Å²) in [5, 5.41) is 8.35. The van der Waals surface area contributed by atoms with E-state index in [4.69, 9.17) is 0 Å². The van der Waals surface area contributed by atoms with Crippen molar-refractivity contribution in [2.45, 2.75) is 26.3 Å². The van der Waals surface area contributed by atoms with Crippen LogP contribution in [-0.2, 0) is 11.3 Å². The summed E-state index contributed by atoms with van der Waals surface area (Å²) in [6.07, 6.45) is 2.07. The van der Waals surface area contributed by atoms with Gasteiger partial charge in [-0.2, -0.15) is 0 Å². The zero-order valence-corrected chi connectivity index (χ0v) is 10.4. The van der Waals surface area contributed by atoms with Crippen LogP contribution in [0.1, 0.15) is 24.6 Å². The molecule has 3 nitrogen and oxygen atoms in total. The minimum atomic E-state index is -0.227. The molecule has 1 amide bonds. The average Bonchev–Trinajstić information content (AvgIpc) is 2.79. The maximum Gasteiger partial charge on any atom is 0.227 e. The normalized spacial score (nSPS) is 25.3. The van der Waals surface area contributed by atoms with Crippen molar-refractivity contribution in [1.82, 2.24) is 10.6 Å². The molecule has 1 unspecified atom stereocenters. The van der Waals surface area contributed by atoms with Gasteiger partial charge in [0.2, 0.25) is 5.91 Å². The Kier molecular flexibility index (Phi) is 3.61. The van der Waals surface area contributed by atoms with Gasteiger partial charge in [-0.25, -0.2) is 0 Å². The van der Waals surface area contributed by atoms with Crippen molar-refractivity contribution < 1.29 is 4.79 Å². The molecule has 1 atom stereocenters. The van der Waals surface area contributed by atoms with Gasteiger partial charge < -0.3 is 10.6 Å². The predicted octanol–water partition coefficient (Wildman–Crippen LogP) is 1.75. The smallest absolute Gasteiger partial charge is 0.227 e. The van der Waals surface area contributed by atoms with E-state index in [-0.39, 0.29) is 11.3 Å². The number of carbonyl (C=O) groups excluding carboxylic acids is 1. The van der Waals surface area contributed by atoms with Crippen LogP contribution >= 0.6 is 11.3 Å². The standard InChI is InChI=1S/C12H18N2OS/c1-12(5-3-6-13-9-12)11(15)14-8-10-4-2-7-16-10/h2,4,7,13H,3,5-6,8-9H2,1H3,(H,14,15). The van der Waals surface area contributed by atoms with Gasteiger partial charge in [0.05, 0.1) is 12.0 Å². The van der Waals surface area contributed by atoms with Crippen molar-refractivity contribution in [3.8, 4) is 0 Å². The molecular weight excluding hydrogens is 220 g/mol. The van der Waals surface area contributed by atoms with Gasteiger partial charge in [0.25, 0.3) is 0 Å². The van der Waals surface area contributed by atoms with E-state index in [1.807, 2.05) is 24.4 Å². The molecule has 0 aromatic carbocycles. The first kappa shape index (κ1) is 11.6. The SMILES string of the molecule is CC1(C(=O)NCc2cccs2)CCCNC1. The molecule has 88 valence electrons. The summed E-state index contributed by atoms with van der Waals surface area (Å²) in [6.45, 7) is 4.53. The van der Waals surface area contributed by atoms with Crippen molar-refractivity contribution in [2.24, 2.45) is 5.41 Å². The lowest BCUT2D eigenvalue weighted by Crippen LogP contribution is -2.48. The van der Waals surface area contributed by atoms with Crippen LogP contribution in [0.3, 0.4) is 0 Å². The van der Waals surface area contributed by atoms with E-state index in [9.17, 15) is 4.79 Å². The number of rotatable bonds is 3. The van der Waals surface area contributed by atoms with E-state index in [0.717, 1.165) is 25.9 Å². The minimum Gasteiger partial charge on any atom is -0.351 e. The van der Waals surface area contributed by atoms with E-state index in [2.05, 4.69) is 10.6 Å². The third-order valence-corrected chi connectivity index (χ3v) is 4.03. The highest BCUT2D eigenvalue weighted by Gasteiger charge is 2.34. The number of hydrogen-bond donors (Lipinski definition) is 2. The van der Waals surface area contributed by atoms with Crippen LogP contribution in [-0.4, -0.2) is 19.0 Å². The third kappa shape index (κ3) is 2.62. The highest BCUT2D eigenvalue weighted by molar-refractivity contribution is 7.09. The van der Waals surface area contributed by atoms with Gasteiger partial charge >= 0.3 is 0 Å². The average molecular weight is 238 g/mol. The summed E-state index contributed by atoms with van der Waals surface area (Å²) in [5.74, 6) is 0.174. The van der Waals surface area contributed by atoms with Gasteiger partial charge in [-0.05, 0) is 37.8 Å². The summed E-state index contributed by atoms with van der Waals surface area (Å²) in [5.41, 5.74) is -0.227. The largest absolute Gasteiger partial charge is 0.351 e. The maximum atomic E-state index is 12.1. The van der Waals surface area contributed by atoms with Crippen LogP contribution in [0.2, 0.25) is 0 Å². The molecule has 2 heterocycles. The van der Waals surface area contributed by atoms with Gasteiger partial charge in [0, 0.05) is 11.4 Å². The molecule has 0 aliphatic carbocycles. The van der Waals surface area contributed by atoms with Crippen molar-refractivity contribution >= 4 is 17.2 Å². The summed E-state index contributed by atoms with van der Waals surface area (Å²) in [4.78, 5) is 13.3. The van der Waals surface area contributed by atoms with Crippen molar-refractivity contribution in [3.05, 3.63) is 22.4 Å². The summed E-state index contributed by atoms with van der Waals surface area (Å²) >= 11 is 1.68. The van der Waals surface area contributed by atoms with E-state index in [1.165, 1.54) is 4.88 Å². The number of thiophene rings is 1. The van der Waals surface area contributed by atoms with E-state index < -0.39 is 0 Å². The third-order valence-electron chi connectivity index (χ3n) is 3.15. The van der Waals surface area contributed by atoms with Crippen LogP contribution in [0.4, 0.5) is 0 Å². The Bertz CT molecular complexity index is 342. The molecule has 1 saturated heterocycles. The second-order valence-electron chi connectivity index (χ2n) is 4.60. The first-order valence-electron chi connectivity index (χ1n) is 5.72. The molecule has 4 heteroatoms. The minimum absolute atomic E-state index is 0.174. The van der Waals surface area contributed by atoms with E-state index in [1.54, 1.807) is 11.3 Å². The van der Waals surface area contributed by atoms with Gasteiger partial charge in [-0.1, -0.05) is 6.07 Å². The predicted molar refractivity (Wildman–Crippen MR) is 66.4 cm³/mol. The lowest BCUT2D eigenvalue weighted by Gasteiger charge is -2.32. The van der Waals surface area contributed by atoms with Gasteiger partial charge in [-0.15, -0.1) is 11.3 Å². The topological polar surface area (TPSA) is 41.1 Å². The van der Waals surface area contributed by atoms with E-state index >= 15 is 0 Å². The first-order chi connectivity index (χ1) is 7.71. The number of carbonyl (C=O) groups is 1. The Hall–Kier alpha value is -0.870. The second kappa shape index (κ2) is 4.97. The molecular formula is C12H18N2OS. The molecule has 1 aliphatic rings. The van der Waals surface area contributed by atoms with Crippen LogP contribution in [0.15, 0.2) is 17.5 Å². The van der Waals surface area contributed by atoms with E-state index in [0.29, 0.717) is 6.54 Å². The van der Waals surface area contributed by atoms with Gasteiger partial charge in [0.1, 0.15) is 0 Å². The fourth-order valence-electron chi connectivity index (χ4n) is 2.04. The molecule has 2 N–H and O–H groups in total. The highest BCUT2D eigenvalue weighted by Crippen LogP contribution is 2.25. The number of amides is 1. The quantitative estimate of drug-likeness (QED) is 0.842. The molecule has 0 saturated carbocycles. The lowest BCUT2D eigenvalue weighted by molar-refractivity contribution is -0.131. The zero-order valence-electron chi connectivity index (χ0n) is 9.58. The van der Waals surface area contributed by atoms with Crippen molar-refractivity contribution in [2.75, 3.05) is 13.1 Å². The number of piperidine rings is 1. The van der Waals surface area contributed by atoms with Gasteiger partial charge in [-0.3, -0.25) is 4.79 Å².